The van der Waals surface area contributed by atoms with E-state index in [0.29, 0.717) is 17.4 Å². The molecular weight excluding hydrogens is 350 g/mol. The van der Waals surface area contributed by atoms with Gasteiger partial charge in [0.1, 0.15) is 5.75 Å². The third-order valence-corrected chi connectivity index (χ3v) is 3.99. The van der Waals surface area contributed by atoms with E-state index in [1.54, 1.807) is 13.4 Å². The number of benzene rings is 3. The van der Waals surface area contributed by atoms with E-state index >= 15 is 0 Å². The van der Waals surface area contributed by atoms with Gasteiger partial charge in [-0.2, -0.15) is 0 Å². The quantitative estimate of drug-likeness (QED) is 0.298. The highest BCUT2D eigenvalue weighted by molar-refractivity contribution is 5.96. The average molecular weight is 373 g/mol. The molecule has 4 nitrogen and oxygen atoms in total. The van der Waals surface area contributed by atoms with Crippen molar-refractivity contribution < 1.29 is 14.2 Å². The van der Waals surface area contributed by atoms with Crippen molar-refractivity contribution in [2.75, 3.05) is 7.11 Å². The Hall–Kier alpha value is -3.53. The van der Waals surface area contributed by atoms with Crippen molar-refractivity contribution in [1.29, 1.82) is 0 Å². The van der Waals surface area contributed by atoms with Crippen molar-refractivity contribution in [3.63, 3.8) is 0 Å². The second kappa shape index (κ2) is 9.42. The van der Waals surface area contributed by atoms with Crippen molar-refractivity contribution in [1.82, 2.24) is 0 Å². The van der Waals surface area contributed by atoms with Crippen LogP contribution in [0.15, 0.2) is 95.7 Å². The zero-order valence-electron chi connectivity index (χ0n) is 16.3. The zero-order chi connectivity index (χ0) is 19.8. The van der Waals surface area contributed by atoms with Crippen LogP contribution >= 0.6 is 0 Å². The van der Waals surface area contributed by atoms with Gasteiger partial charge in [0.15, 0.2) is 11.5 Å². The number of para-hydroxylation sites is 3. The first kappa shape index (κ1) is 19.2. The molecule has 4 heteroatoms. The summed E-state index contributed by atoms with van der Waals surface area (Å²) in [6.45, 7) is 3.93. The van der Waals surface area contributed by atoms with Crippen LogP contribution in [0.2, 0.25) is 0 Å². The molecule has 0 aliphatic heterocycles. The maximum Gasteiger partial charge on any atom is 0.226 e. The van der Waals surface area contributed by atoms with Crippen molar-refractivity contribution >= 4 is 11.6 Å². The van der Waals surface area contributed by atoms with Crippen LogP contribution in [0.25, 0.3) is 0 Å². The van der Waals surface area contributed by atoms with Crippen LogP contribution in [0.3, 0.4) is 0 Å². The van der Waals surface area contributed by atoms with E-state index in [9.17, 15) is 0 Å². The molecule has 0 aliphatic carbocycles. The Kier molecular flexibility index (Phi) is 6.47. The van der Waals surface area contributed by atoms with Gasteiger partial charge in [-0.1, -0.05) is 48.0 Å². The fourth-order valence-electron chi connectivity index (χ4n) is 2.44. The molecular formula is C24H23NO3. The summed E-state index contributed by atoms with van der Waals surface area (Å²) in [6, 6.07) is 25.0. The van der Waals surface area contributed by atoms with Gasteiger partial charge in [0.2, 0.25) is 5.90 Å². The number of hydrogen-bond donors (Lipinski definition) is 0. The molecule has 0 fully saturated rings. The molecule has 0 bridgehead atoms. The molecule has 0 amide bonds. The van der Waals surface area contributed by atoms with E-state index in [0.717, 1.165) is 17.0 Å². The van der Waals surface area contributed by atoms with Gasteiger partial charge in [0.25, 0.3) is 0 Å². The normalized spacial score (nSPS) is 11.8. The largest absolute Gasteiger partial charge is 0.493 e. The molecule has 3 aromatic carbocycles. The summed E-state index contributed by atoms with van der Waals surface area (Å²) in [5, 5.41) is 0. The number of aryl methyl sites for hydroxylation is 1. The topological polar surface area (TPSA) is 40.0 Å². The van der Waals surface area contributed by atoms with Gasteiger partial charge in [0, 0.05) is 5.57 Å². The summed E-state index contributed by atoms with van der Waals surface area (Å²) in [5.74, 6) is 2.40. The van der Waals surface area contributed by atoms with E-state index in [-0.39, 0.29) is 0 Å². The molecule has 0 atom stereocenters. The van der Waals surface area contributed by atoms with Crippen LogP contribution in [0.4, 0.5) is 5.69 Å². The average Bonchev–Trinajstić information content (AvgIpc) is 2.74. The molecule has 142 valence electrons. The fraction of sp³-hybridized carbons (Fsp3) is 0.125. The first-order valence-electron chi connectivity index (χ1n) is 9.01. The number of hydrogen-bond acceptors (Lipinski definition) is 4. The van der Waals surface area contributed by atoms with E-state index < -0.39 is 0 Å². The van der Waals surface area contributed by atoms with Crippen LogP contribution in [0.5, 0.6) is 17.2 Å². The molecule has 0 spiro atoms. The predicted molar refractivity (Wildman–Crippen MR) is 113 cm³/mol. The van der Waals surface area contributed by atoms with Crippen LogP contribution < -0.4 is 14.2 Å². The number of methoxy groups -OCH3 is 1. The van der Waals surface area contributed by atoms with Gasteiger partial charge < -0.3 is 14.2 Å². The van der Waals surface area contributed by atoms with Gasteiger partial charge in [-0.25, -0.2) is 4.99 Å². The zero-order valence-corrected chi connectivity index (χ0v) is 16.3. The van der Waals surface area contributed by atoms with Gasteiger partial charge in [-0.05, 0) is 50.2 Å². The number of rotatable bonds is 6. The Bertz CT molecular complexity index is 961. The summed E-state index contributed by atoms with van der Waals surface area (Å²) in [7, 11) is 1.61. The molecule has 0 saturated carbocycles. The van der Waals surface area contributed by atoms with E-state index in [1.807, 2.05) is 92.7 Å². The van der Waals surface area contributed by atoms with E-state index in [1.165, 1.54) is 5.56 Å². The lowest BCUT2D eigenvalue weighted by atomic mass is 10.2. The number of ether oxygens (including phenoxy) is 3. The molecule has 0 heterocycles. The summed E-state index contributed by atoms with van der Waals surface area (Å²) >= 11 is 0. The van der Waals surface area contributed by atoms with Gasteiger partial charge in [0.05, 0.1) is 19.1 Å². The van der Waals surface area contributed by atoms with Crippen molar-refractivity contribution in [2.24, 2.45) is 4.99 Å². The van der Waals surface area contributed by atoms with Gasteiger partial charge in [-0.15, -0.1) is 0 Å². The summed E-state index contributed by atoms with van der Waals surface area (Å²) < 4.78 is 17.3. The molecule has 3 rings (SSSR count). The molecule has 0 N–H and O–H groups in total. The SMILES string of the molecule is COc1ccccc1OC(=Nc1ccccc1)C(C)=COc1ccc(C)cc1. The molecule has 3 aromatic rings. The lowest BCUT2D eigenvalue weighted by Gasteiger charge is -2.13. The Balaban J connectivity index is 1.90. The number of nitrogens with zero attached hydrogens (tertiary/aromatic N) is 1. The first-order chi connectivity index (χ1) is 13.7. The highest BCUT2D eigenvalue weighted by Gasteiger charge is 2.11. The summed E-state index contributed by atoms with van der Waals surface area (Å²) in [5.41, 5.74) is 2.71. The van der Waals surface area contributed by atoms with Crippen LogP contribution in [-0.2, 0) is 0 Å². The van der Waals surface area contributed by atoms with Crippen LogP contribution in [0.1, 0.15) is 12.5 Å². The molecule has 0 aliphatic rings. The maximum atomic E-state index is 6.09. The smallest absolute Gasteiger partial charge is 0.226 e. The second-order valence-electron chi connectivity index (χ2n) is 6.24. The van der Waals surface area contributed by atoms with Crippen LogP contribution in [-0.4, -0.2) is 13.0 Å². The molecule has 28 heavy (non-hydrogen) atoms. The molecule has 0 saturated heterocycles. The first-order valence-corrected chi connectivity index (χ1v) is 9.01. The van der Waals surface area contributed by atoms with Crippen molar-refractivity contribution in [3.05, 3.63) is 96.3 Å². The predicted octanol–water partition coefficient (Wildman–Crippen LogP) is 6.10. The third kappa shape index (κ3) is 5.24. The minimum atomic E-state index is 0.433. The maximum absolute atomic E-state index is 6.09. The van der Waals surface area contributed by atoms with Gasteiger partial charge >= 0.3 is 0 Å². The fourth-order valence-corrected chi connectivity index (χ4v) is 2.44. The second-order valence-corrected chi connectivity index (χ2v) is 6.24. The van der Waals surface area contributed by atoms with Crippen LogP contribution in [0, 0.1) is 6.92 Å². The minimum absolute atomic E-state index is 0.433. The standard InChI is InChI=1S/C24H23NO3/c1-18-13-15-21(16-14-18)27-17-19(2)24(25-20-9-5-4-6-10-20)28-23-12-8-7-11-22(23)26-3/h4-17H,1-3H3. The minimum Gasteiger partial charge on any atom is -0.493 e. The van der Waals surface area contributed by atoms with Crippen molar-refractivity contribution in [3.8, 4) is 17.2 Å². The monoisotopic (exact) mass is 373 g/mol. The lowest BCUT2D eigenvalue weighted by Crippen LogP contribution is -2.11. The van der Waals surface area contributed by atoms with Gasteiger partial charge in [-0.3, -0.25) is 0 Å². The highest BCUT2D eigenvalue weighted by atomic mass is 16.5. The summed E-state index contributed by atoms with van der Waals surface area (Å²) in [6.07, 6.45) is 1.64. The lowest BCUT2D eigenvalue weighted by molar-refractivity contribution is 0.390. The van der Waals surface area contributed by atoms with E-state index in [2.05, 4.69) is 4.99 Å². The Morgan fingerprint density at radius 3 is 2.14 bits per heavy atom. The highest BCUT2D eigenvalue weighted by Crippen LogP contribution is 2.27. The van der Waals surface area contributed by atoms with Crippen molar-refractivity contribution in [2.45, 2.75) is 13.8 Å². The number of aliphatic imine (C=N–C) groups is 1. The Labute approximate surface area is 165 Å². The summed E-state index contributed by atoms with van der Waals surface area (Å²) in [4.78, 5) is 4.65. The van der Waals surface area contributed by atoms with E-state index in [4.69, 9.17) is 14.2 Å². The molecule has 0 radical (unpaired) electrons. The molecule has 0 unspecified atom stereocenters. The Morgan fingerprint density at radius 1 is 0.821 bits per heavy atom. The Morgan fingerprint density at radius 2 is 1.46 bits per heavy atom. The molecule has 0 aromatic heterocycles. The third-order valence-electron chi connectivity index (χ3n) is 3.99.